The molecule has 0 saturated carbocycles. The lowest BCUT2D eigenvalue weighted by Crippen LogP contribution is -2.17. The van der Waals surface area contributed by atoms with Crippen molar-refractivity contribution in [3.63, 3.8) is 0 Å². The van der Waals surface area contributed by atoms with E-state index >= 15 is 0 Å². The number of benzene rings is 3. The Morgan fingerprint density at radius 2 is 1.89 bits per heavy atom. The summed E-state index contributed by atoms with van der Waals surface area (Å²) >= 11 is 3.43. The maximum absolute atomic E-state index is 12.2. The average molecular weight is 423 g/mol. The molecule has 27 heavy (non-hydrogen) atoms. The maximum Gasteiger partial charge on any atom is 0.271 e. The van der Waals surface area contributed by atoms with Gasteiger partial charge in [0.1, 0.15) is 12.4 Å². The summed E-state index contributed by atoms with van der Waals surface area (Å²) in [6.45, 7) is 2.47. The van der Waals surface area contributed by atoms with Gasteiger partial charge in [0.15, 0.2) is 0 Å². The smallest absolute Gasteiger partial charge is 0.271 e. The van der Waals surface area contributed by atoms with E-state index in [-0.39, 0.29) is 5.91 Å². The van der Waals surface area contributed by atoms with Crippen LogP contribution < -0.4 is 10.2 Å². The molecule has 1 N–H and O–H groups in total. The Kier molecular flexibility index (Phi) is 6.39. The first-order valence-electron chi connectivity index (χ1n) is 8.48. The first-order valence-corrected chi connectivity index (χ1v) is 9.27. The molecule has 0 saturated heterocycles. The van der Waals surface area contributed by atoms with Crippen LogP contribution in [-0.4, -0.2) is 12.1 Å². The predicted molar refractivity (Wildman–Crippen MR) is 111 cm³/mol. The molecule has 0 heterocycles. The fourth-order valence-electron chi connectivity index (χ4n) is 2.39. The number of hydrogen-bond donors (Lipinski definition) is 1. The molecule has 4 nitrogen and oxygen atoms in total. The molecule has 0 aliphatic heterocycles. The minimum atomic E-state index is -0.261. The van der Waals surface area contributed by atoms with Crippen molar-refractivity contribution in [1.29, 1.82) is 0 Å². The fraction of sp³-hybridized carbons (Fsp3) is 0.0909. The van der Waals surface area contributed by atoms with Gasteiger partial charge in [0.05, 0.1) is 6.21 Å². The zero-order chi connectivity index (χ0) is 19.1. The van der Waals surface area contributed by atoms with Crippen molar-refractivity contribution in [2.45, 2.75) is 13.5 Å². The Morgan fingerprint density at radius 3 is 2.67 bits per heavy atom. The van der Waals surface area contributed by atoms with E-state index in [1.807, 2.05) is 67.6 Å². The van der Waals surface area contributed by atoms with Gasteiger partial charge in [-0.05, 0) is 47.9 Å². The molecule has 0 radical (unpaired) electrons. The Balaban J connectivity index is 1.58. The van der Waals surface area contributed by atoms with Crippen LogP contribution in [0.25, 0.3) is 0 Å². The van der Waals surface area contributed by atoms with Crippen LogP contribution >= 0.6 is 15.9 Å². The first-order chi connectivity index (χ1) is 13.1. The van der Waals surface area contributed by atoms with E-state index in [0.717, 1.165) is 26.9 Å². The summed E-state index contributed by atoms with van der Waals surface area (Å²) in [6, 6.07) is 23.0. The molecule has 0 unspecified atom stereocenters. The van der Waals surface area contributed by atoms with Gasteiger partial charge >= 0.3 is 0 Å². The number of rotatable bonds is 6. The number of halogens is 1. The highest BCUT2D eigenvalue weighted by Crippen LogP contribution is 2.17. The van der Waals surface area contributed by atoms with E-state index in [2.05, 4.69) is 26.5 Å². The van der Waals surface area contributed by atoms with Crippen LogP contribution in [-0.2, 0) is 6.61 Å². The number of nitrogens with zero attached hydrogens (tertiary/aromatic N) is 1. The topological polar surface area (TPSA) is 50.7 Å². The Hall–Kier alpha value is -2.92. The van der Waals surface area contributed by atoms with E-state index < -0.39 is 0 Å². The van der Waals surface area contributed by atoms with Crippen LogP contribution in [0.15, 0.2) is 82.4 Å². The summed E-state index contributed by atoms with van der Waals surface area (Å²) in [5, 5.41) is 4.03. The van der Waals surface area contributed by atoms with Crippen LogP contribution in [0.1, 0.15) is 27.0 Å². The number of hydrogen-bond acceptors (Lipinski definition) is 3. The minimum absolute atomic E-state index is 0.261. The molecule has 0 atom stereocenters. The highest BCUT2D eigenvalue weighted by atomic mass is 79.9. The van der Waals surface area contributed by atoms with Crippen LogP contribution in [0.5, 0.6) is 5.75 Å². The van der Waals surface area contributed by atoms with Crippen molar-refractivity contribution in [1.82, 2.24) is 5.43 Å². The van der Waals surface area contributed by atoms with E-state index in [4.69, 9.17) is 4.74 Å². The maximum atomic E-state index is 12.2. The Bertz CT molecular complexity index is 956. The highest BCUT2D eigenvalue weighted by Gasteiger charge is 2.05. The van der Waals surface area contributed by atoms with Gasteiger partial charge in [-0.15, -0.1) is 0 Å². The summed E-state index contributed by atoms with van der Waals surface area (Å²) in [6.07, 6.45) is 1.59. The quantitative estimate of drug-likeness (QED) is 0.443. The molecule has 0 aliphatic carbocycles. The van der Waals surface area contributed by atoms with Crippen molar-refractivity contribution >= 4 is 28.1 Å². The van der Waals surface area contributed by atoms with Crippen LogP contribution in [0.2, 0.25) is 0 Å². The zero-order valence-electron chi connectivity index (χ0n) is 14.9. The van der Waals surface area contributed by atoms with Crippen molar-refractivity contribution < 1.29 is 9.53 Å². The molecule has 3 aromatic rings. The minimum Gasteiger partial charge on any atom is -0.489 e. The second kappa shape index (κ2) is 9.14. The molecule has 3 rings (SSSR count). The Morgan fingerprint density at radius 1 is 1.07 bits per heavy atom. The van der Waals surface area contributed by atoms with Crippen LogP contribution in [0.4, 0.5) is 0 Å². The summed E-state index contributed by atoms with van der Waals surface area (Å²) in [7, 11) is 0. The lowest BCUT2D eigenvalue weighted by atomic mass is 10.1. The number of nitrogens with one attached hydrogen (secondary N) is 1. The molecule has 0 bridgehead atoms. The summed E-state index contributed by atoms with van der Waals surface area (Å²) in [5.41, 5.74) is 6.10. The van der Waals surface area contributed by atoms with Gasteiger partial charge in [0.2, 0.25) is 0 Å². The second-order valence-electron chi connectivity index (χ2n) is 6.01. The molecule has 3 aromatic carbocycles. The molecule has 0 aliphatic rings. The van der Waals surface area contributed by atoms with Crippen LogP contribution in [0, 0.1) is 6.92 Å². The summed E-state index contributed by atoms with van der Waals surface area (Å²) < 4.78 is 6.69. The van der Waals surface area contributed by atoms with Crippen molar-refractivity contribution in [3.8, 4) is 5.75 Å². The Labute approximate surface area is 167 Å². The third-order valence-corrected chi connectivity index (χ3v) is 4.77. The normalized spacial score (nSPS) is 10.7. The largest absolute Gasteiger partial charge is 0.489 e. The monoisotopic (exact) mass is 422 g/mol. The third kappa shape index (κ3) is 5.53. The van der Waals surface area contributed by atoms with E-state index in [9.17, 15) is 4.79 Å². The molecule has 0 fully saturated rings. The van der Waals surface area contributed by atoms with Gasteiger partial charge < -0.3 is 4.74 Å². The predicted octanol–water partition coefficient (Wildman–Crippen LogP) is 5.10. The van der Waals surface area contributed by atoms with Gasteiger partial charge in [-0.3, -0.25) is 4.79 Å². The van der Waals surface area contributed by atoms with Crippen LogP contribution in [0.3, 0.4) is 0 Å². The first kappa shape index (κ1) is 18.9. The zero-order valence-corrected chi connectivity index (χ0v) is 16.4. The fourth-order valence-corrected chi connectivity index (χ4v) is 2.77. The second-order valence-corrected chi connectivity index (χ2v) is 6.86. The van der Waals surface area contributed by atoms with Gasteiger partial charge in [-0.2, -0.15) is 5.10 Å². The molecular formula is C22H19BrN2O2. The standard InChI is InChI=1S/C22H19BrN2O2/c1-16-10-11-19(13-21(16)23)22(26)25-24-14-18-8-5-9-20(12-18)27-15-17-6-3-2-4-7-17/h2-14H,15H2,1H3,(H,25,26). The number of carbonyl (C=O) groups excluding carboxylic acids is 1. The average Bonchev–Trinajstić information content (AvgIpc) is 2.69. The molecule has 1 amide bonds. The number of amides is 1. The van der Waals surface area contributed by atoms with E-state index in [1.54, 1.807) is 18.3 Å². The van der Waals surface area contributed by atoms with Crippen molar-refractivity contribution in [3.05, 3.63) is 99.5 Å². The third-order valence-electron chi connectivity index (χ3n) is 3.92. The number of ether oxygens (including phenoxy) is 1. The summed E-state index contributed by atoms with van der Waals surface area (Å²) in [5.74, 6) is 0.486. The van der Waals surface area contributed by atoms with Crippen molar-refractivity contribution in [2.24, 2.45) is 5.10 Å². The molecule has 136 valence electrons. The lowest BCUT2D eigenvalue weighted by molar-refractivity contribution is 0.0955. The summed E-state index contributed by atoms with van der Waals surface area (Å²) in [4.78, 5) is 12.2. The highest BCUT2D eigenvalue weighted by molar-refractivity contribution is 9.10. The number of aryl methyl sites for hydroxylation is 1. The number of hydrazone groups is 1. The van der Waals surface area contributed by atoms with Gasteiger partial charge in [0.25, 0.3) is 5.91 Å². The molecular weight excluding hydrogens is 404 g/mol. The van der Waals surface area contributed by atoms with Crippen molar-refractivity contribution in [2.75, 3.05) is 0 Å². The van der Waals surface area contributed by atoms with E-state index in [0.29, 0.717) is 12.2 Å². The van der Waals surface area contributed by atoms with Gasteiger partial charge in [-0.1, -0.05) is 64.5 Å². The molecule has 0 spiro atoms. The molecule has 0 aromatic heterocycles. The molecule has 5 heteroatoms. The number of carbonyl (C=O) groups is 1. The van der Waals surface area contributed by atoms with Gasteiger partial charge in [0, 0.05) is 10.0 Å². The van der Waals surface area contributed by atoms with E-state index in [1.165, 1.54) is 0 Å². The van der Waals surface area contributed by atoms with Gasteiger partial charge in [-0.25, -0.2) is 5.43 Å². The lowest BCUT2D eigenvalue weighted by Gasteiger charge is -2.07. The SMILES string of the molecule is Cc1ccc(C(=O)NN=Cc2cccc(OCc3ccccc3)c2)cc1Br.